The number of hydrogen-bond acceptors (Lipinski definition) is 20. The third-order valence-corrected chi connectivity index (χ3v) is 7.59. The van der Waals surface area contributed by atoms with Crippen LogP contribution in [0.3, 0.4) is 0 Å². The quantitative estimate of drug-likeness (QED) is 0.0297. The molecule has 20 heteroatoms. The smallest absolute Gasteiger partial charge is 0.333 e. The van der Waals surface area contributed by atoms with Gasteiger partial charge in [0, 0.05) is 16.7 Å². The highest BCUT2D eigenvalue weighted by Gasteiger charge is 2.53. The van der Waals surface area contributed by atoms with Crippen molar-refractivity contribution < 1.29 is 97.9 Å². The summed E-state index contributed by atoms with van der Waals surface area (Å²) >= 11 is 0. The molecular weight excluding hydrogens is 716 g/mol. The average Bonchev–Trinajstić information content (AvgIpc) is 3.12. The lowest BCUT2D eigenvalue weighted by Gasteiger charge is -2.48. The molecule has 2 aliphatic heterocycles. The van der Waals surface area contributed by atoms with Crippen LogP contribution in [0.5, 0.6) is 0 Å². The zero-order valence-electron chi connectivity index (χ0n) is 29.8. The van der Waals surface area contributed by atoms with E-state index in [0.717, 1.165) is 0 Å². The Hall–Kier alpha value is -2.93. The molecule has 2 aliphatic rings. The van der Waals surface area contributed by atoms with Crippen LogP contribution >= 0.6 is 0 Å². The number of hydrogen-bond donors (Lipinski definition) is 8. The van der Waals surface area contributed by atoms with E-state index in [4.69, 9.17) is 42.6 Å². The van der Waals surface area contributed by atoms with Crippen molar-refractivity contribution in [2.45, 2.75) is 100 Å². The molecule has 4 unspecified atom stereocenters. The molecule has 0 aromatic carbocycles. The standard InChI is InChI=1S/C33H52O20/c1-15(2)29(42)47-11-18(36)9-45-27-26(53-32-25(41)24(40)23(39)21(7-34)51-32)22(8-35)52-33(50-14-20(38)13-49-31(44)17(5)6)28(27)46-10-19(37)12-48-30(43)16(3)4/h18-28,32-41H,1,3,5,7-14H2,2,4,6H3/t18?,19?,20?,21-,22-,23+,24+,25-,26-,27+,28-,32+,33?/m1/s1. The number of esters is 3. The van der Waals surface area contributed by atoms with Crippen molar-refractivity contribution in [1.29, 1.82) is 0 Å². The molecule has 2 rings (SSSR count). The van der Waals surface area contributed by atoms with Gasteiger partial charge >= 0.3 is 17.9 Å². The predicted octanol–water partition coefficient (Wildman–Crippen LogP) is -3.88. The summed E-state index contributed by atoms with van der Waals surface area (Å²) < 4.78 is 49.8. The molecule has 13 atom stereocenters. The first-order valence-corrected chi connectivity index (χ1v) is 16.5. The van der Waals surface area contributed by atoms with Crippen molar-refractivity contribution in [1.82, 2.24) is 0 Å². The second kappa shape index (κ2) is 22.4. The van der Waals surface area contributed by atoms with Crippen LogP contribution in [0.15, 0.2) is 36.5 Å². The van der Waals surface area contributed by atoms with E-state index in [-0.39, 0.29) is 16.7 Å². The minimum Gasteiger partial charge on any atom is -0.460 e. The van der Waals surface area contributed by atoms with Gasteiger partial charge in [-0.05, 0) is 20.8 Å². The third-order valence-electron chi connectivity index (χ3n) is 7.59. The molecule has 304 valence electrons. The van der Waals surface area contributed by atoms with Crippen molar-refractivity contribution in [2.75, 3.05) is 52.9 Å². The summed E-state index contributed by atoms with van der Waals surface area (Å²) in [6.07, 6.45) is -20.8. The molecule has 0 amide bonds. The van der Waals surface area contributed by atoms with Gasteiger partial charge < -0.3 is 83.5 Å². The molecular formula is C33H52O20. The minimum absolute atomic E-state index is 0.0545. The van der Waals surface area contributed by atoms with Gasteiger partial charge in [-0.3, -0.25) is 0 Å². The Morgan fingerprint density at radius 3 is 1.36 bits per heavy atom. The maximum Gasteiger partial charge on any atom is 0.333 e. The van der Waals surface area contributed by atoms with E-state index < -0.39 is 150 Å². The highest BCUT2D eigenvalue weighted by Crippen LogP contribution is 2.33. The Bertz CT molecular complexity index is 1230. The van der Waals surface area contributed by atoms with E-state index in [1.54, 1.807) is 0 Å². The zero-order valence-corrected chi connectivity index (χ0v) is 29.8. The van der Waals surface area contributed by atoms with E-state index in [1.165, 1.54) is 20.8 Å². The first kappa shape index (κ1) is 46.2. The van der Waals surface area contributed by atoms with Crippen LogP contribution in [0.1, 0.15) is 20.8 Å². The fourth-order valence-corrected chi connectivity index (χ4v) is 4.70. The monoisotopic (exact) mass is 768 g/mol. The Morgan fingerprint density at radius 1 is 0.547 bits per heavy atom. The number of rotatable bonds is 22. The summed E-state index contributed by atoms with van der Waals surface area (Å²) in [6, 6.07) is 0. The van der Waals surface area contributed by atoms with Crippen LogP contribution in [-0.4, -0.2) is 191 Å². The van der Waals surface area contributed by atoms with Crippen molar-refractivity contribution >= 4 is 17.9 Å². The fraction of sp³-hybridized carbons (Fsp3) is 0.727. The molecule has 0 aliphatic carbocycles. The minimum atomic E-state index is -1.92. The SMILES string of the molecule is C=C(C)C(=O)OCC(O)COC1O[C@H](CO)[C@@H](O[C@@H]2O[C@H](CO)[C@H](O)[C@H](O)[C@H]2O)[C@H](OCC(O)COC(=O)C(=C)C)[C@H]1OCC(O)COC(=O)C(=C)C. The van der Waals surface area contributed by atoms with Crippen molar-refractivity contribution in [3.63, 3.8) is 0 Å². The van der Waals surface area contributed by atoms with E-state index in [0.29, 0.717) is 0 Å². The lowest BCUT2D eigenvalue weighted by Crippen LogP contribution is -2.66. The van der Waals surface area contributed by atoms with Crippen LogP contribution in [0, 0.1) is 0 Å². The molecule has 53 heavy (non-hydrogen) atoms. The first-order chi connectivity index (χ1) is 24.9. The summed E-state index contributed by atoms with van der Waals surface area (Å²) in [4.78, 5) is 35.5. The zero-order chi connectivity index (χ0) is 40.0. The van der Waals surface area contributed by atoms with Crippen LogP contribution in [0.25, 0.3) is 0 Å². The Kier molecular flexibility index (Phi) is 19.6. The van der Waals surface area contributed by atoms with E-state index in [1.807, 2.05) is 0 Å². The van der Waals surface area contributed by atoms with Crippen molar-refractivity contribution in [3.05, 3.63) is 36.5 Å². The predicted molar refractivity (Wildman–Crippen MR) is 175 cm³/mol. The summed E-state index contributed by atoms with van der Waals surface area (Å²) in [5.74, 6) is -2.38. The van der Waals surface area contributed by atoms with Gasteiger partial charge in [-0.2, -0.15) is 0 Å². The Labute approximate surface area is 305 Å². The van der Waals surface area contributed by atoms with Crippen LogP contribution in [-0.2, 0) is 57.0 Å². The second-order valence-corrected chi connectivity index (χ2v) is 12.6. The summed E-state index contributed by atoms with van der Waals surface area (Å²) in [7, 11) is 0. The molecule has 0 bridgehead atoms. The highest BCUT2D eigenvalue weighted by atomic mass is 16.8. The van der Waals surface area contributed by atoms with Crippen molar-refractivity contribution in [2.24, 2.45) is 0 Å². The molecule has 0 saturated carbocycles. The Morgan fingerprint density at radius 2 is 0.943 bits per heavy atom. The first-order valence-electron chi connectivity index (χ1n) is 16.5. The van der Waals surface area contributed by atoms with Crippen molar-refractivity contribution in [3.8, 4) is 0 Å². The van der Waals surface area contributed by atoms with E-state index in [2.05, 4.69) is 19.7 Å². The van der Waals surface area contributed by atoms with Gasteiger partial charge in [0.15, 0.2) is 12.6 Å². The maximum atomic E-state index is 11.9. The summed E-state index contributed by atoms with van der Waals surface area (Å²) in [5.41, 5.74) is 0.185. The number of aliphatic hydroxyl groups is 8. The normalized spacial score (nSPS) is 30.4. The molecule has 8 N–H and O–H groups in total. The average molecular weight is 769 g/mol. The molecule has 2 heterocycles. The largest absolute Gasteiger partial charge is 0.460 e. The van der Waals surface area contributed by atoms with Gasteiger partial charge in [-0.15, -0.1) is 0 Å². The topological polar surface area (TPSA) is 296 Å². The van der Waals surface area contributed by atoms with Gasteiger partial charge in [0.05, 0.1) is 33.0 Å². The molecule has 2 fully saturated rings. The van der Waals surface area contributed by atoms with Gasteiger partial charge in [-0.25, -0.2) is 14.4 Å². The van der Waals surface area contributed by atoms with Gasteiger partial charge in [0.25, 0.3) is 0 Å². The molecule has 0 aromatic rings. The lowest BCUT2D eigenvalue weighted by molar-refractivity contribution is -0.369. The molecule has 2 saturated heterocycles. The number of carbonyl (C=O) groups excluding carboxylic acids is 3. The van der Waals surface area contributed by atoms with Crippen LogP contribution in [0.4, 0.5) is 0 Å². The molecule has 0 radical (unpaired) electrons. The van der Waals surface area contributed by atoms with Gasteiger partial charge in [0.1, 0.15) is 87.0 Å². The second-order valence-electron chi connectivity index (χ2n) is 12.6. The molecule has 0 aromatic heterocycles. The summed E-state index contributed by atoms with van der Waals surface area (Å²) in [6.45, 7) is 9.44. The summed E-state index contributed by atoms with van der Waals surface area (Å²) in [5, 5.41) is 83.0. The third kappa shape index (κ3) is 14.3. The van der Waals surface area contributed by atoms with Crippen LogP contribution in [0.2, 0.25) is 0 Å². The Balaban J connectivity index is 2.45. The lowest BCUT2D eigenvalue weighted by atomic mass is 9.96. The maximum absolute atomic E-state index is 11.9. The van der Waals surface area contributed by atoms with Gasteiger partial charge in [-0.1, -0.05) is 19.7 Å². The van der Waals surface area contributed by atoms with E-state index >= 15 is 0 Å². The van der Waals surface area contributed by atoms with E-state index in [9.17, 15) is 55.2 Å². The number of carbonyl (C=O) groups is 3. The van der Waals surface area contributed by atoms with Gasteiger partial charge in [0.2, 0.25) is 0 Å². The number of aliphatic hydroxyl groups excluding tert-OH is 8. The fourth-order valence-electron chi connectivity index (χ4n) is 4.70. The molecule has 0 spiro atoms. The van der Waals surface area contributed by atoms with Crippen LogP contribution < -0.4 is 0 Å². The molecule has 20 nitrogen and oxygen atoms in total. The highest BCUT2D eigenvalue weighted by molar-refractivity contribution is 5.87. The number of ether oxygens (including phenoxy) is 9.